The molecule has 0 aliphatic carbocycles. The molecule has 1 atom stereocenters. The molecule has 2 aromatic rings. The summed E-state index contributed by atoms with van der Waals surface area (Å²) in [6.07, 6.45) is 0. The molecule has 72 valence electrons. The molecule has 1 aromatic heterocycles. The van der Waals surface area contributed by atoms with Crippen molar-refractivity contribution in [2.45, 2.75) is 6.04 Å². The maximum absolute atomic E-state index is 6.08. The van der Waals surface area contributed by atoms with Crippen molar-refractivity contribution in [3.63, 3.8) is 0 Å². The van der Waals surface area contributed by atoms with Gasteiger partial charge in [0.15, 0.2) is 0 Å². The van der Waals surface area contributed by atoms with E-state index < -0.39 is 0 Å². The van der Waals surface area contributed by atoms with E-state index in [0.717, 1.165) is 16.1 Å². The zero-order valence-electron chi connectivity index (χ0n) is 7.48. The van der Waals surface area contributed by atoms with E-state index >= 15 is 0 Å². The Balaban J connectivity index is 2.32. The van der Waals surface area contributed by atoms with E-state index in [2.05, 4.69) is 5.38 Å². The lowest BCUT2D eigenvalue weighted by Gasteiger charge is -2.10. The maximum Gasteiger partial charge on any atom is 0.0560 e. The fourth-order valence-electron chi connectivity index (χ4n) is 1.34. The highest BCUT2D eigenvalue weighted by atomic mass is 35.5. The van der Waals surface area contributed by atoms with E-state index in [1.807, 2.05) is 35.7 Å². The number of halogens is 1. The highest BCUT2D eigenvalue weighted by Gasteiger charge is 2.08. The molecule has 0 unspecified atom stereocenters. The number of hydrogen-bond acceptors (Lipinski definition) is 2. The van der Waals surface area contributed by atoms with Gasteiger partial charge in [0, 0.05) is 5.02 Å². The summed E-state index contributed by atoms with van der Waals surface area (Å²) in [6, 6.07) is 9.64. The number of rotatable bonds is 2. The van der Waals surface area contributed by atoms with E-state index in [1.54, 1.807) is 11.3 Å². The maximum atomic E-state index is 6.08. The summed E-state index contributed by atoms with van der Waals surface area (Å²) in [5, 5.41) is 4.82. The monoisotopic (exact) mass is 223 g/mol. The van der Waals surface area contributed by atoms with Crippen LogP contribution >= 0.6 is 22.9 Å². The van der Waals surface area contributed by atoms with Crippen LogP contribution in [0.4, 0.5) is 0 Å². The lowest BCUT2D eigenvalue weighted by molar-refractivity contribution is 0.877. The Bertz CT molecular complexity index is 411. The minimum atomic E-state index is -0.0695. The summed E-state index contributed by atoms with van der Waals surface area (Å²) in [7, 11) is 0. The first-order chi connectivity index (χ1) is 6.77. The summed E-state index contributed by atoms with van der Waals surface area (Å²) in [4.78, 5) is 0. The normalized spacial score (nSPS) is 12.7. The number of benzene rings is 1. The smallest absolute Gasteiger partial charge is 0.0560 e. The van der Waals surface area contributed by atoms with Crippen LogP contribution in [0.1, 0.15) is 17.2 Å². The molecule has 2 rings (SSSR count). The zero-order valence-corrected chi connectivity index (χ0v) is 9.05. The van der Waals surface area contributed by atoms with E-state index in [-0.39, 0.29) is 6.04 Å². The van der Waals surface area contributed by atoms with Crippen LogP contribution in [0, 0.1) is 0 Å². The van der Waals surface area contributed by atoms with Gasteiger partial charge in [-0.3, -0.25) is 0 Å². The van der Waals surface area contributed by atoms with Crippen molar-refractivity contribution in [3.05, 3.63) is 57.2 Å². The quantitative estimate of drug-likeness (QED) is 0.829. The van der Waals surface area contributed by atoms with Gasteiger partial charge in [0.1, 0.15) is 0 Å². The first-order valence-electron chi connectivity index (χ1n) is 4.30. The molecule has 0 saturated carbocycles. The summed E-state index contributed by atoms with van der Waals surface area (Å²) >= 11 is 7.55. The Morgan fingerprint density at radius 3 is 2.71 bits per heavy atom. The van der Waals surface area contributed by atoms with Crippen molar-refractivity contribution >= 4 is 22.9 Å². The molecule has 1 nitrogen and oxygen atoms in total. The van der Waals surface area contributed by atoms with Crippen LogP contribution in [0.15, 0.2) is 41.1 Å². The molecule has 2 N–H and O–H groups in total. The highest BCUT2D eigenvalue weighted by molar-refractivity contribution is 7.08. The highest BCUT2D eigenvalue weighted by Crippen LogP contribution is 2.23. The van der Waals surface area contributed by atoms with Gasteiger partial charge in [-0.15, -0.1) is 0 Å². The van der Waals surface area contributed by atoms with Crippen LogP contribution < -0.4 is 5.73 Å². The molecule has 0 amide bonds. The Hall–Kier alpha value is -0.830. The van der Waals surface area contributed by atoms with E-state index in [4.69, 9.17) is 17.3 Å². The molecule has 0 saturated heterocycles. The second-order valence-corrected chi connectivity index (χ2v) is 4.31. The largest absolute Gasteiger partial charge is 0.320 e. The Labute approximate surface area is 92.1 Å². The summed E-state index contributed by atoms with van der Waals surface area (Å²) in [5.41, 5.74) is 8.27. The molecule has 1 aromatic carbocycles. The number of thiophene rings is 1. The van der Waals surface area contributed by atoms with Crippen LogP contribution in [-0.2, 0) is 0 Å². The summed E-state index contributed by atoms with van der Waals surface area (Å²) < 4.78 is 0. The van der Waals surface area contributed by atoms with Crippen LogP contribution in [-0.4, -0.2) is 0 Å². The van der Waals surface area contributed by atoms with Gasteiger partial charge >= 0.3 is 0 Å². The third-order valence-corrected chi connectivity index (χ3v) is 3.05. The van der Waals surface area contributed by atoms with Gasteiger partial charge in [0.2, 0.25) is 0 Å². The Morgan fingerprint density at radius 1 is 1.21 bits per heavy atom. The second-order valence-electron chi connectivity index (χ2n) is 3.09. The number of hydrogen-bond donors (Lipinski definition) is 1. The SMILES string of the molecule is N[C@H](c1ccsc1)c1cccc(Cl)c1. The molecule has 1 heterocycles. The minimum Gasteiger partial charge on any atom is -0.320 e. The van der Waals surface area contributed by atoms with Crippen molar-refractivity contribution in [2.24, 2.45) is 5.73 Å². The zero-order chi connectivity index (χ0) is 9.97. The molecule has 0 spiro atoms. The van der Waals surface area contributed by atoms with Gasteiger partial charge in [0.05, 0.1) is 6.04 Å². The van der Waals surface area contributed by atoms with Crippen LogP contribution in [0.3, 0.4) is 0 Å². The molecule has 0 bridgehead atoms. The fraction of sp³-hybridized carbons (Fsp3) is 0.0909. The summed E-state index contributed by atoms with van der Waals surface area (Å²) in [6.45, 7) is 0. The molecule has 0 fully saturated rings. The topological polar surface area (TPSA) is 26.0 Å². The van der Waals surface area contributed by atoms with Crippen molar-refractivity contribution in [1.29, 1.82) is 0 Å². The van der Waals surface area contributed by atoms with Gasteiger partial charge < -0.3 is 5.73 Å². The Kier molecular flexibility index (Phi) is 2.87. The van der Waals surface area contributed by atoms with Gasteiger partial charge in [-0.25, -0.2) is 0 Å². The van der Waals surface area contributed by atoms with E-state index in [0.29, 0.717) is 0 Å². The second kappa shape index (κ2) is 4.13. The van der Waals surface area contributed by atoms with E-state index in [9.17, 15) is 0 Å². The molecule has 3 heteroatoms. The molecule has 0 aliphatic rings. The molecule has 0 aliphatic heterocycles. The lowest BCUT2D eigenvalue weighted by atomic mass is 10.0. The standard InChI is InChI=1S/C11H10ClNS/c12-10-3-1-2-8(6-10)11(13)9-4-5-14-7-9/h1-7,11H,13H2/t11-/m0/s1. The Morgan fingerprint density at radius 2 is 2.07 bits per heavy atom. The van der Waals surface area contributed by atoms with Gasteiger partial charge in [-0.2, -0.15) is 11.3 Å². The predicted octanol–water partition coefficient (Wildman–Crippen LogP) is 3.45. The van der Waals surface area contributed by atoms with Crippen LogP contribution in [0.5, 0.6) is 0 Å². The molecular weight excluding hydrogens is 214 g/mol. The van der Waals surface area contributed by atoms with Gasteiger partial charge in [0.25, 0.3) is 0 Å². The van der Waals surface area contributed by atoms with Crippen LogP contribution in [0.2, 0.25) is 5.02 Å². The third-order valence-electron chi connectivity index (χ3n) is 2.11. The van der Waals surface area contributed by atoms with Crippen molar-refractivity contribution in [1.82, 2.24) is 0 Å². The number of nitrogens with two attached hydrogens (primary N) is 1. The van der Waals surface area contributed by atoms with Gasteiger partial charge in [-0.1, -0.05) is 23.7 Å². The lowest BCUT2D eigenvalue weighted by Crippen LogP contribution is -2.10. The van der Waals surface area contributed by atoms with Crippen molar-refractivity contribution < 1.29 is 0 Å². The van der Waals surface area contributed by atoms with Crippen molar-refractivity contribution in [3.8, 4) is 0 Å². The third kappa shape index (κ3) is 1.98. The average molecular weight is 224 g/mol. The van der Waals surface area contributed by atoms with Crippen molar-refractivity contribution in [2.75, 3.05) is 0 Å². The van der Waals surface area contributed by atoms with Crippen LogP contribution in [0.25, 0.3) is 0 Å². The predicted molar refractivity (Wildman–Crippen MR) is 61.8 cm³/mol. The first kappa shape index (κ1) is 9.71. The average Bonchev–Trinajstić information content (AvgIpc) is 2.69. The summed E-state index contributed by atoms with van der Waals surface area (Å²) in [5.74, 6) is 0. The first-order valence-corrected chi connectivity index (χ1v) is 5.62. The molecule has 14 heavy (non-hydrogen) atoms. The molecule has 0 radical (unpaired) electrons. The molecular formula is C11H10ClNS. The fourth-order valence-corrected chi connectivity index (χ4v) is 2.24. The van der Waals surface area contributed by atoms with E-state index in [1.165, 1.54) is 0 Å². The van der Waals surface area contributed by atoms with Gasteiger partial charge in [-0.05, 0) is 40.1 Å². The minimum absolute atomic E-state index is 0.0695.